The van der Waals surface area contributed by atoms with E-state index >= 15 is 0 Å². The molecule has 0 aliphatic carbocycles. The number of ether oxygens (including phenoxy) is 1. The molecule has 1 aromatic rings. The summed E-state index contributed by atoms with van der Waals surface area (Å²) in [5.74, 6) is -4.46. The lowest BCUT2D eigenvalue weighted by atomic mass is 9.99. The number of carbonyl (C=O) groups is 1. The Balaban J connectivity index is 2.52. The Morgan fingerprint density at radius 3 is 2.72 bits per heavy atom. The quantitative estimate of drug-likeness (QED) is 0.805. The fourth-order valence-corrected chi connectivity index (χ4v) is 2.03. The highest BCUT2D eigenvalue weighted by molar-refractivity contribution is 6.42. The van der Waals surface area contributed by atoms with E-state index in [0.717, 1.165) is 12.1 Å². The van der Waals surface area contributed by atoms with Crippen LogP contribution in [-0.4, -0.2) is 18.6 Å². The molecule has 0 spiro atoms. The summed E-state index contributed by atoms with van der Waals surface area (Å²) in [6, 6.07) is 0.133. The Labute approximate surface area is 110 Å². The highest BCUT2D eigenvalue weighted by atomic mass is 35.5. The third-order valence-electron chi connectivity index (χ3n) is 2.45. The van der Waals surface area contributed by atoms with Gasteiger partial charge in [-0.2, -0.15) is 0 Å². The van der Waals surface area contributed by atoms with E-state index in [-0.39, 0.29) is 10.0 Å². The molecule has 1 amide bonds. The molecule has 0 unspecified atom stereocenters. The van der Waals surface area contributed by atoms with Crippen LogP contribution in [0, 0.1) is 5.82 Å². The van der Waals surface area contributed by atoms with Gasteiger partial charge < -0.3 is 10.1 Å². The molecular formula is C10H6Cl2F3NO2. The van der Waals surface area contributed by atoms with Gasteiger partial charge in [-0.3, -0.25) is 0 Å². The molecule has 8 heteroatoms. The second-order valence-corrected chi connectivity index (χ2v) is 4.46. The lowest BCUT2D eigenvalue weighted by Crippen LogP contribution is -2.50. The van der Waals surface area contributed by atoms with E-state index in [2.05, 4.69) is 4.74 Å². The number of nitrogens with one attached hydrogen (secondary N) is 1. The second-order valence-electron chi connectivity index (χ2n) is 3.67. The fourth-order valence-electron chi connectivity index (χ4n) is 1.60. The normalized spacial score (nSPS) is 22.3. The van der Waals surface area contributed by atoms with Crippen molar-refractivity contribution in [2.75, 3.05) is 6.61 Å². The summed E-state index contributed by atoms with van der Waals surface area (Å²) in [5, 5.41) is 1.40. The standard InChI is InChI=1S/C10H6Cl2F3NO2/c11-4-1-2-5(13)6(7(4)12)8-10(14,15)3-18-9(17)16-8/h1-2,8H,3H2,(H,16,17)/t8-/m1/s1. The first kappa shape index (κ1) is 13.3. The average Bonchev–Trinajstić information content (AvgIpc) is 2.29. The second kappa shape index (κ2) is 4.51. The summed E-state index contributed by atoms with van der Waals surface area (Å²) in [4.78, 5) is 11.0. The van der Waals surface area contributed by atoms with Crippen LogP contribution in [0.25, 0.3) is 0 Å². The zero-order valence-electron chi connectivity index (χ0n) is 8.65. The molecule has 1 aliphatic heterocycles. The minimum atomic E-state index is -3.48. The number of hydrogen-bond donors (Lipinski definition) is 1. The first-order valence-electron chi connectivity index (χ1n) is 4.77. The Hall–Kier alpha value is -1.14. The molecule has 1 aliphatic rings. The number of hydrogen-bond acceptors (Lipinski definition) is 2. The molecule has 1 N–H and O–H groups in total. The summed E-state index contributed by atoms with van der Waals surface area (Å²) in [6.45, 7) is -1.15. The number of benzene rings is 1. The number of carbonyl (C=O) groups excluding carboxylic acids is 1. The summed E-state index contributed by atoms with van der Waals surface area (Å²) in [6.07, 6.45) is -1.07. The van der Waals surface area contributed by atoms with Gasteiger partial charge in [0.05, 0.1) is 10.0 Å². The van der Waals surface area contributed by atoms with Crippen LogP contribution in [0.3, 0.4) is 0 Å². The van der Waals surface area contributed by atoms with Gasteiger partial charge in [0.15, 0.2) is 6.61 Å². The molecule has 0 bridgehead atoms. The molecule has 0 radical (unpaired) electrons. The van der Waals surface area contributed by atoms with Gasteiger partial charge in [0.1, 0.15) is 11.9 Å². The number of halogens is 5. The molecule has 1 aromatic carbocycles. The first-order valence-corrected chi connectivity index (χ1v) is 5.53. The van der Waals surface area contributed by atoms with E-state index in [0.29, 0.717) is 0 Å². The first-order chi connectivity index (χ1) is 8.33. The molecule has 3 nitrogen and oxygen atoms in total. The van der Waals surface area contributed by atoms with Crippen molar-refractivity contribution in [1.29, 1.82) is 0 Å². The van der Waals surface area contributed by atoms with Crippen molar-refractivity contribution in [3.05, 3.63) is 33.6 Å². The molecule has 18 heavy (non-hydrogen) atoms. The van der Waals surface area contributed by atoms with Gasteiger partial charge in [0, 0.05) is 5.56 Å². The number of rotatable bonds is 1. The van der Waals surface area contributed by atoms with Crippen LogP contribution >= 0.6 is 23.2 Å². The third kappa shape index (κ3) is 2.22. The summed E-state index contributed by atoms with van der Waals surface area (Å²) >= 11 is 11.4. The molecule has 1 fully saturated rings. The average molecular weight is 300 g/mol. The highest BCUT2D eigenvalue weighted by Crippen LogP contribution is 2.41. The van der Waals surface area contributed by atoms with E-state index in [1.165, 1.54) is 0 Å². The van der Waals surface area contributed by atoms with Crippen molar-refractivity contribution in [1.82, 2.24) is 5.32 Å². The molecular weight excluding hydrogens is 294 g/mol. The van der Waals surface area contributed by atoms with Gasteiger partial charge in [0.25, 0.3) is 0 Å². The predicted molar refractivity (Wildman–Crippen MR) is 58.6 cm³/mol. The van der Waals surface area contributed by atoms with Crippen LogP contribution in [0.5, 0.6) is 0 Å². The van der Waals surface area contributed by atoms with Crippen LogP contribution in [-0.2, 0) is 4.74 Å². The van der Waals surface area contributed by atoms with E-state index in [1.54, 1.807) is 0 Å². The monoisotopic (exact) mass is 299 g/mol. The molecule has 1 atom stereocenters. The van der Waals surface area contributed by atoms with E-state index in [9.17, 15) is 18.0 Å². The number of alkyl halides is 2. The summed E-state index contributed by atoms with van der Waals surface area (Å²) < 4.78 is 45.0. The summed E-state index contributed by atoms with van der Waals surface area (Å²) in [7, 11) is 0. The number of amides is 1. The van der Waals surface area contributed by atoms with Crippen molar-refractivity contribution < 1.29 is 22.7 Å². The van der Waals surface area contributed by atoms with Crippen LogP contribution < -0.4 is 5.32 Å². The highest BCUT2D eigenvalue weighted by Gasteiger charge is 2.48. The largest absolute Gasteiger partial charge is 0.443 e. The van der Waals surface area contributed by atoms with Crippen LogP contribution in [0.4, 0.5) is 18.0 Å². The SMILES string of the molecule is O=C1N[C@H](c2c(F)ccc(Cl)c2Cl)C(F)(F)CO1. The molecule has 98 valence electrons. The molecule has 1 saturated heterocycles. The Kier molecular flexibility index (Phi) is 3.33. The maximum Gasteiger partial charge on any atom is 0.408 e. The molecule has 0 saturated carbocycles. The molecule has 2 rings (SSSR count). The zero-order valence-corrected chi connectivity index (χ0v) is 10.2. The van der Waals surface area contributed by atoms with E-state index in [1.807, 2.05) is 5.32 Å². The van der Waals surface area contributed by atoms with Gasteiger partial charge in [-0.1, -0.05) is 23.2 Å². The van der Waals surface area contributed by atoms with Crippen molar-refractivity contribution in [3.8, 4) is 0 Å². The van der Waals surface area contributed by atoms with Crippen molar-refractivity contribution >= 4 is 29.3 Å². The smallest absolute Gasteiger partial charge is 0.408 e. The molecule has 1 heterocycles. The van der Waals surface area contributed by atoms with Crippen molar-refractivity contribution in [2.45, 2.75) is 12.0 Å². The minimum Gasteiger partial charge on any atom is -0.443 e. The van der Waals surface area contributed by atoms with Gasteiger partial charge in [0.2, 0.25) is 0 Å². The predicted octanol–water partition coefficient (Wildman–Crippen LogP) is 3.55. The van der Waals surface area contributed by atoms with Crippen LogP contribution in [0.1, 0.15) is 11.6 Å². The van der Waals surface area contributed by atoms with Gasteiger partial charge in [-0.05, 0) is 12.1 Å². The zero-order chi connectivity index (χ0) is 13.5. The lowest BCUT2D eigenvalue weighted by molar-refractivity contribution is -0.104. The Bertz CT molecular complexity index is 510. The topological polar surface area (TPSA) is 38.3 Å². The molecule has 0 aromatic heterocycles. The minimum absolute atomic E-state index is 0.0791. The Morgan fingerprint density at radius 1 is 1.39 bits per heavy atom. The van der Waals surface area contributed by atoms with Gasteiger partial charge in [-0.15, -0.1) is 0 Å². The lowest BCUT2D eigenvalue weighted by Gasteiger charge is -2.32. The number of alkyl carbamates (subject to hydrolysis) is 1. The van der Waals surface area contributed by atoms with Crippen LogP contribution in [0.2, 0.25) is 10.0 Å². The maximum atomic E-state index is 13.6. The number of cyclic esters (lactones) is 1. The van der Waals surface area contributed by atoms with E-state index < -0.39 is 36.0 Å². The van der Waals surface area contributed by atoms with Crippen LogP contribution in [0.15, 0.2) is 12.1 Å². The summed E-state index contributed by atoms with van der Waals surface area (Å²) in [5.41, 5.74) is -0.550. The Morgan fingerprint density at radius 2 is 2.06 bits per heavy atom. The van der Waals surface area contributed by atoms with Gasteiger partial charge in [-0.25, -0.2) is 18.0 Å². The third-order valence-corrected chi connectivity index (χ3v) is 3.27. The van der Waals surface area contributed by atoms with Crippen molar-refractivity contribution in [2.24, 2.45) is 0 Å². The van der Waals surface area contributed by atoms with Crippen molar-refractivity contribution in [3.63, 3.8) is 0 Å². The fraction of sp³-hybridized carbons (Fsp3) is 0.300. The van der Waals surface area contributed by atoms with Gasteiger partial charge >= 0.3 is 12.0 Å². The maximum absolute atomic E-state index is 13.6. The van der Waals surface area contributed by atoms with E-state index in [4.69, 9.17) is 23.2 Å².